The SMILES string of the molecule is CCN(CC)c1ccc(NC(=O)c2cccc(CSCCOC)c2)c(-c2cc(C(=O)NC3CCCc4ccccc43)ccn2)c1. The number of pyridine rings is 1. The third-order valence-electron chi connectivity index (χ3n) is 8.24. The molecule has 0 saturated heterocycles. The van der Waals surface area contributed by atoms with Gasteiger partial charge in [-0.25, -0.2) is 0 Å². The Balaban J connectivity index is 1.41. The van der Waals surface area contributed by atoms with Crippen LogP contribution in [0.1, 0.15) is 70.1 Å². The summed E-state index contributed by atoms with van der Waals surface area (Å²) in [4.78, 5) is 34.0. The number of hydrogen-bond acceptors (Lipinski definition) is 6. The van der Waals surface area contributed by atoms with E-state index in [2.05, 4.69) is 52.6 Å². The van der Waals surface area contributed by atoms with Gasteiger partial charge in [-0.15, -0.1) is 0 Å². The van der Waals surface area contributed by atoms with Gasteiger partial charge in [-0.1, -0.05) is 36.4 Å². The standard InChI is InChI=1S/C37H42N4O3S/c1-4-41(5-2)30-16-17-34(40-36(42)28-13-8-10-26(22-28)25-45-21-20-44-3)32(24-30)35-23-29(18-19-38-35)37(43)39-33-15-9-12-27-11-6-7-14-31(27)33/h6-8,10-11,13-14,16-19,22-24,33H,4-5,9,12,15,20-21,25H2,1-3H3,(H,39,43)(H,40,42). The van der Waals surface area contributed by atoms with Gasteiger partial charge in [0.05, 0.1) is 24.0 Å². The Kier molecular flexibility index (Phi) is 11.3. The lowest BCUT2D eigenvalue weighted by Gasteiger charge is -2.26. The van der Waals surface area contributed by atoms with Crippen molar-refractivity contribution in [2.75, 3.05) is 42.8 Å². The van der Waals surface area contributed by atoms with Gasteiger partial charge < -0.3 is 20.3 Å². The predicted molar refractivity (Wildman–Crippen MR) is 185 cm³/mol. The third kappa shape index (κ3) is 8.12. The van der Waals surface area contributed by atoms with Crippen LogP contribution >= 0.6 is 11.8 Å². The molecule has 1 atom stereocenters. The number of carbonyl (C=O) groups is 2. The lowest BCUT2D eigenvalue weighted by Crippen LogP contribution is -2.31. The highest BCUT2D eigenvalue weighted by molar-refractivity contribution is 7.98. The van der Waals surface area contributed by atoms with E-state index in [-0.39, 0.29) is 17.9 Å². The quantitative estimate of drug-likeness (QED) is 0.150. The molecule has 0 bridgehead atoms. The van der Waals surface area contributed by atoms with Crippen molar-refractivity contribution in [3.63, 3.8) is 0 Å². The number of nitrogens with one attached hydrogen (secondary N) is 2. The highest BCUT2D eigenvalue weighted by Gasteiger charge is 2.23. The van der Waals surface area contributed by atoms with Crippen molar-refractivity contribution in [2.45, 2.75) is 44.9 Å². The minimum Gasteiger partial charge on any atom is -0.384 e. The van der Waals surface area contributed by atoms with E-state index in [0.29, 0.717) is 29.1 Å². The van der Waals surface area contributed by atoms with Crippen LogP contribution in [0.5, 0.6) is 0 Å². The maximum atomic E-state index is 13.5. The maximum Gasteiger partial charge on any atom is 0.255 e. The number of ether oxygens (including phenoxy) is 1. The molecule has 5 rings (SSSR count). The van der Waals surface area contributed by atoms with E-state index in [1.54, 1.807) is 31.1 Å². The van der Waals surface area contributed by atoms with Crippen LogP contribution in [0.2, 0.25) is 0 Å². The lowest BCUT2D eigenvalue weighted by atomic mass is 9.87. The molecular weight excluding hydrogens is 580 g/mol. The number of methoxy groups -OCH3 is 1. The van der Waals surface area contributed by atoms with E-state index in [4.69, 9.17) is 4.74 Å². The fourth-order valence-corrected chi connectivity index (χ4v) is 6.68. The summed E-state index contributed by atoms with van der Waals surface area (Å²) in [5, 5.41) is 6.39. The van der Waals surface area contributed by atoms with E-state index in [1.807, 2.05) is 54.6 Å². The van der Waals surface area contributed by atoms with Gasteiger partial charge in [0.1, 0.15) is 0 Å². The second-order valence-corrected chi connectivity index (χ2v) is 12.3. The zero-order chi connectivity index (χ0) is 31.6. The van der Waals surface area contributed by atoms with Crippen molar-refractivity contribution < 1.29 is 14.3 Å². The van der Waals surface area contributed by atoms with Crippen molar-refractivity contribution in [3.05, 3.63) is 113 Å². The van der Waals surface area contributed by atoms with E-state index in [1.165, 1.54) is 11.1 Å². The summed E-state index contributed by atoms with van der Waals surface area (Å²) in [6.45, 7) is 6.62. The molecule has 1 aliphatic carbocycles. The zero-order valence-electron chi connectivity index (χ0n) is 26.3. The molecule has 0 spiro atoms. The van der Waals surface area contributed by atoms with Gasteiger partial charge in [0, 0.05) is 60.3 Å². The fourth-order valence-electron chi connectivity index (χ4n) is 5.83. The van der Waals surface area contributed by atoms with Gasteiger partial charge in [0.15, 0.2) is 0 Å². The van der Waals surface area contributed by atoms with Gasteiger partial charge in [0.2, 0.25) is 0 Å². The summed E-state index contributed by atoms with van der Waals surface area (Å²) < 4.78 is 5.15. The van der Waals surface area contributed by atoms with Crippen molar-refractivity contribution >= 4 is 35.0 Å². The Hall–Kier alpha value is -4.14. The zero-order valence-corrected chi connectivity index (χ0v) is 27.2. The first kappa shape index (κ1) is 32.3. The molecule has 0 radical (unpaired) electrons. The van der Waals surface area contributed by atoms with Crippen LogP contribution < -0.4 is 15.5 Å². The number of anilines is 2. The van der Waals surface area contributed by atoms with Gasteiger partial charge in [-0.3, -0.25) is 14.6 Å². The molecule has 1 heterocycles. The molecule has 45 heavy (non-hydrogen) atoms. The average Bonchev–Trinajstić information content (AvgIpc) is 3.08. The van der Waals surface area contributed by atoms with Crippen LogP contribution in [0.4, 0.5) is 11.4 Å². The molecule has 0 fully saturated rings. The molecule has 1 aliphatic rings. The third-order valence-corrected chi connectivity index (χ3v) is 9.24. The molecule has 2 amide bonds. The summed E-state index contributed by atoms with van der Waals surface area (Å²) in [5.74, 6) is 1.37. The second kappa shape index (κ2) is 15.7. The first-order chi connectivity index (χ1) is 22.0. The molecule has 0 saturated carbocycles. The largest absolute Gasteiger partial charge is 0.384 e. The van der Waals surface area contributed by atoms with Gasteiger partial charge in [0.25, 0.3) is 11.8 Å². The van der Waals surface area contributed by atoms with Crippen molar-refractivity contribution in [3.8, 4) is 11.3 Å². The first-order valence-corrected chi connectivity index (χ1v) is 16.9. The number of fused-ring (bicyclic) bond motifs is 1. The van der Waals surface area contributed by atoms with Crippen molar-refractivity contribution in [2.24, 2.45) is 0 Å². The topological polar surface area (TPSA) is 83.6 Å². The van der Waals surface area contributed by atoms with Crippen LogP contribution in [-0.4, -0.2) is 49.4 Å². The molecule has 0 aliphatic heterocycles. The van der Waals surface area contributed by atoms with Crippen LogP contribution in [0.15, 0.2) is 85.1 Å². The molecule has 7 nitrogen and oxygen atoms in total. The first-order valence-electron chi connectivity index (χ1n) is 15.7. The lowest BCUT2D eigenvalue weighted by molar-refractivity contribution is 0.0932. The number of rotatable bonds is 13. The Morgan fingerprint density at radius 1 is 0.956 bits per heavy atom. The van der Waals surface area contributed by atoms with E-state index < -0.39 is 0 Å². The molecule has 1 unspecified atom stereocenters. The minimum absolute atomic E-state index is 0.0194. The van der Waals surface area contributed by atoms with Crippen molar-refractivity contribution in [1.29, 1.82) is 0 Å². The molecule has 234 valence electrons. The number of hydrogen-bond donors (Lipinski definition) is 2. The Labute approximate surface area is 270 Å². The second-order valence-electron chi connectivity index (χ2n) is 11.1. The smallest absolute Gasteiger partial charge is 0.255 e. The number of thioether (sulfide) groups is 1. The molecule has 4 aromatic rings. The van der Waals surface area contributed by atoms with Crippen LogP contribution in [-0.2, 0) is 16.9 Å². The number of aromatic nitrogens is 1. The monoisotopic (exact) mass is 622 g/mol. The fraction of sp³-hybridized carbons (Fsp3) is 0.324. The molecular formula is C37H42N4O3S. The number of amides is 2. The normalized spacial score (nSPS) is 14.0. The number of nitrogens with zero attached hydrogens (tertiary/aromatic N) is 2. The van der Waals surface area contributed by atoms with Gasteiger partial charge in [-0.2, -0.15) is 11.8 Å². The summed E-state index contributed by atoms with van der Waals surface area (Å²) in [7, 11) is 1.70. The minimum atomic E-state index is -0.194. The molecule has 1 aromatic heterocycles. The van der Waals surface area contributed by atoms with E-state index >= 15 is 0 Å². The van der Waals surface area contributed by atoms with Crippen LogP contribution in [0.25, 0.3) is 11.3 Å². The summed E-state index contributed by atoms with van der Waals surface area (Å²) in [6.07, 6.45) is 4.66. The van der Waals surface area contributed by atoms with Gasteiger partial charge >= 0.3 is 0 Å². The molecule has 8 heteroatoms. The van der Waals surface area contributed by atoms with Gasteiger partial charge in [-0.05, 0) is 92.3 Å². The average molecular weight is 623 g/mol. The summed E-state index contributed by atoms with van der Waals surface area (Å²) in [6, 6.07) is 25.6. The van der Waals surface area contributed by atoms with Crippen LogP contribution in [0.3, 0.4) is 0 Å². The molecule has 3 aromatic carbocycles. The summed E-state index contributed by atoms with van der Waals surface area (Å²) in [5.41, 5.74) is 7.76. The number of benzene rings is 3. The predicted octanol–water partition coefficient (Wildman–Crippen LogP) is 7.53. The van der Waals surface area contributed by atoms with E-state index in [9.17, 15) is 9.59 Å². The summed E-state index contributed by atoms with van der Waals surface area (Å²) >= 11 is 1.77. The number of carbonyl (C=O) groups excluding carboxylic acids is 2. The Bertz CT molecular complexity index is 1620. The Morgan fingerprint density at radius 3 is 2.60 bits per heavy atom. The van der Waals surface area contributed by atoms with E-state index in [0.717, 1.165) is 60.7 Å². The Morgan fingerprint density at radius 2 is 1.78 bits per heavy atom. The van der Waals surface area contributed by atoms with Crippen LogP contribution in [0, 0.1) is 0 Å². The van der Waals surface area contributed by atoms with Crippen molar-refractivity contribution in [1.82, 2.24) is 10.3 Å². The number of aryl methyl sites for hydroxylation is 1. The maximum absolute atomic E-state index is 13.5. The molecule has 2 N–H and O–H groups in total. The highest BCUT2D eigenvalue weighted by Crippen LogP contribution is 2.33. The highest BCUT2D eigenvalue weighted by atomic mass is 32.2.